The number of rotatable bonds is 5. The molecule has 1 aromatic heterocycles. The van der Waals surface area contributed by atoms with E-state index in [2.05, 4.69) is 15.4 Å². The van der Waals surface area contributed by atoms with E-state index in [1.807, 2.05) is 0 Å². The predicted octanol–water partition coefficient (Wildman–Crippen LogP) is -1.30. The van der Waals surface area contributed by atoms with Crippen LogP contribution in [0.4, 0.5) is 0 Å². The highest BCUT2D eigenvalue weighted by Gasteiger charge is 2.18. The topological polar surface area (TPSA) is 88.1 Å². The molecule has 7 heteroatoms. The molecule has 0 spiro atoms. The first-order valence-electron chi connectivity index (χ1n) is 4.21. The third kappa shape index (κ3) is 2.72. The van der Waals surface area contributed by atoms with Crippen LogP contribution < -0.4 is 5.73 Å². The van der Waals surface area contributed by atoms with Crippen LogP contribution in [0.5, 0.6) is 0 Å². The average Bonchev–Trinajstić information content (AvgIpc) is 2.53. The third-order valence-corrected chi connectivity index (χ3v) is 1.78. The van der Waals surface area contributed by atoms with Gasteiger partial charge in [-0.15, -0.1) is 10.2 Å². The predicted molar refractivity (Wildman–Crippen MR) is 48.3 cm³/mol. The van der Waals surface area contributed by atoms with Crippen molar-refractivity contribution in [1.82, 2.24) is 20.2 Å². The maximum absolute atomic E-state index is 5.81. The Morgan fingerprint density at radius 2 is 2.07 bits per heavy atom. The molecule has 0 aliphatic heterocycles. The van der Waals surface area contributed by atoms with Crippen molar-refractivity contribution >= 4 is 0 Å². The summed E-state index contributed by atoms with van der Waals surface area (Å²) in [6, 6.07) is -0.297. The Labute approximate surface area is 82.2 Å². The first-order chi connectivity index (χ1) is 6.67. The van der Waals surface area contributed by atoms with Gasteiger partial charge in [0, 0.05) is 20.6 Å². The lowest BCUT2D eigenvalue weighted by Gasteiger charge is -2.19. The molecule has 14 heavy (non-hydrogen) atoms. The van der Waals surface area contributed by atoms with Crippen LogP contribution in [0, 0.1) is 0 Å². The number of nitrogens with two attached hydrogens (primary N) is 1. The first kappa shape index (κ1) is 11.0. The largest absolute Gasteiger partial charge is 0.354 e. The molecule has 1 unspecified atom stereocenters. The first-order valence-corrected chi connectivity index (χ1v) is 4.21. The molecule has 0 aliphatic carbocycles. The van der Waals surface area contributed by atoms with Crippen LogP contribution in [0.15, 0.2) is 0 Å². The van der Waals surface area contributed by atoms with Gasteiger partial charge in [0.1, 0.15) is 0 Å². The average molecular weight is 201 g/mol. The standard InChI is InChI=1S/C7H15N5O2/c1-12-10-6(9-11-12)4-5(8)7(13-2)14-3/h5,7H,4,8H2,1-3H3. The summed E-state index contributed by atoms with van der Waals surface area (Å²) in [6.45, 7) is 0. The number of nitrogens with zero attached hydrogens (tertiary/aromatic N) is 4. The van der Waals surface area contributed by atoms with Crippen molar-refractivity contribution in [2.24, 2.45) is 12.8 Å². The molecular formula is C7H15N5O2. The normalized spacial score (nSPS) is 13.5. The Kier molecular flexibility index (Phi) is 3.93. The van der Waals surface area contributed by atoms with Gasteiger partial charge < -0.3 is 15.2 Å². The molecule has 1 rings (SSSR count). The van der Waals surface area contributed by atoms with E-state index < -0.39 is 6.29 Å². The van der Waals surface area contributed by atoms with Crippen LogP contribution in [0.2, 0.25) is 0 Å². The van der Waals surface area contributed by atoms with Gasteiger partial charge in [0.15, 0.2) is 12.1 Å². The summed E-state index contributed by atoms with van der Waals surface area (Å²) in [4.78, 5) is 1.39. The van der Waals surface area contributed by atoms with E-state index in [9.17, 15) is 0 Å². The Balaban J connectivity index is 2.51. The molecule has 0 bridgehead atoms. The Bertz CT molecular complexity index is 273. The third-order valence-electron chi connectivity index (χ3n) is 1.78. The van der Waals surface area contributed by atoms with Crippen LogP contribution in [-0.2, 0) is 22.9 Å². The van der Waals surface area contributed by atoms with E-state index in [1.54, 1.807) is 7.05 Å². The van der Waals surface area contributed by atoms with Crippen LogP contribution in [-0.4, -0.2) is 46.8 Å². The number of hydrogen-bond acceptors (Lipinski definition) is 6. The zero-order valence-corrected chi connectivity index (χ0v) is 8.54. The molecule has 0 fully saturated rings. The number of aryl methyl sites for hydroxylation is 1. The zero-order valence-electron chi connectivity index (χ0n) is 8.54. The molecular weight excluding hydrogens is 186 g/mol. The van der Waals surface area contributed by atoms with E-state index in [0.717, 1.165) is 0 Å². The smallest absolute Gasteiger partial charge is 0.176 e. The van der Waals surface area contributed by atoms with Crippen molar-refractivity contribution < 1.29 is 9.47 Å². The quantitative estimate of drug-likeness (QED) is 0.596. The molecule has 0 amide bonds. The Morgan fingerprint density at radius 3 is 2.50 bits per heavy atom. The zero-order chi connectivity index (χ0) is 10.6. The van der Waals surface area contributed by atoms with Crippen molar-refractivity contribution in [3.63, 3.8) is 0 Å². The number of methoxy groups -OCH3 is 2. The van der Waals surface area contributed by atoms with Crippen molar-refractivity contribution in [1.29, 1.82) is 0 Å². The van der Waals surface area contributed by atoms with Gasteiger partial charge in [-0.1, -0.05) is 0 Å². The summed E-state index contributed by atoms with van der Waals surface area (Å²) < 4.78 is 10.0. The maximum Gasteiger partial charge on any atom is 0.176 e. The number of ether oxygens (including phenoxy) is 2. The van der Waals surface area contributed by atoms with Crippen molar-refractivity contribution in [2.45, 2.75) is 18.8 Å². The van der Waals surface area contributed by atoms with Crippen molar-refractivity contribution in [3.8, 4) is 0 Å². The molecule has 1 aromatic rings. The summed E-state index contributed by atoms with van der Waals surface area (Å²) >= 11 is 0. The SMILES string of the molecule is COC(OC)C(N)Cc1nnn(C)n1. The molecule has 0 aromatic carbocycles. The molecule has 2 N–H and O–H groups in total. The summed E-state index contributed by atoms with van der Waals surface area (Å²) in [7, 11) is 4.78. The molecule has 1 heterocycles. The summed E-state index contributed by atoms with van der Waals surface area (Å²) in [6.07, 6.45) is 0.0269. The molecule has 0 radical (unpaired) electrons. The second-order valence-electron chi connectivity index (χ2n) is 2.90. The highest BCUT2D eigenvalue weighted by molar-refractivity contribution is 4.84. The van der Waals surface area contributed by atoms with Gasteiger partial charge in [-0.25, -0.2) is 0 Å². The number of tetrazole rings is 1. The van der Waals surface area contributed by atoms with E-state index in [-0.39, 0.29) is 6.04 Å². The van der Waals surface area contributed by atoms with Gasteiger partial charge in [-0.05, 0) is 5.21 Å². The number of aromatic nitrogens is 4. The molecule has 80 valence electrons. The van der Waals surface area contributed by atoms with Gasteiger partial charge in [-0.2, -0.15) is 4.80 Å². The molecule has 1 atom stereocenters. The minimum absolute atomic E-state index is 0.297. The van der Waals surface area contributed by atoms with E-state index >= 15 is 0 Å². The fraction of sp³-hybridized carbons (Fsp3) is 0.857. The molecule has 0 saturated heterocycles. The van der Waals surface area contributed by atoms with Gasteiger partial charge in [0.05, 0.1) is 13.1 Å². The highest BCUT2D eigenvalue weighted by Crippen LogP contribution is 2.01. The van der Waals surface area contributed by atoms with Crippen molar-refractivity contribution in [2.75, 3.05) is 14.2 Å². The molecule has 0 saturated carbocycles. The Morgan fingerprint density at radius 1 is 1.43 bits per heavy atom. The minimum atomic E-state index is -0.446. The lowest BCUT2D eigenvalue weighted by atomic mass is 10.2. The van der Waals surface area contributed by atoms with Crippen LogP contribution >= 0.6 is 0 Å². The number of hydrogen-bond donors (Lipinski definition) is 1. The molecule has 7 nitrogen and oxygen atoms in total. The fourth-order valence-electron chi connectivity index (χ4n) is 1.16. The summed E-state index contributed by atoms with van der Waals surface area (Å²) in [5, 5.41) is 11.5. The summed E-state index contributed by atoms with van der Waals surface area (Å²) in [5.41, 5.74) is 5.81. The van der Waals surface area contributed by atoms with Crippen LogP contribution in [0.3, 0.4) is 0 Å². The fourth-order valence-corrected chi connectivity index (χ4v) is 1.16. The van der Waals surface area contributed by atoms with Gasteiger partial charge in [0.25, 0.3) is 0 Å². The maximum atomic E-state index is 5.81. The van der Waals surface area contributed by atoms with Crippen LogP contribution in [0.25, 0.3) is 0 Å². The van der Waals surface area contributed by atoms with E-state index in [0.29, 0.717) is 12.2 Å². The Hall–Kier alpha value is -1.05. The van der Waals surface area contributed by atoms with Gasteiger partial charge in [0.2, 0.25) is 0 Å². The second-order valence-corrected chi connectivity index (χ2v) is 2.90. The van der Waals surface area contributed by atoms with Crippen LogP contribution in [0.1, 0.15) is 5.82 Å². The monoisotopic (exact) mass is 201 g/mol. The lowest BCUT2D eigenvalue weighted by Crippen LogP contribution is -2.39. The second kappa shape index (κ2) is 4.99. The highest BCUT2D eigenvalue weighted by atomic mass is 16.7. The van der Waals surface area contributed by atoms with E-state index in [1.165, 1.54) is 19.0 Å². The van der Waals surface area contributed by atoms with Gasteiger partial charge in [-0.3, -0.25) is 0 Å². The van der Waals surface area contributed by atoms with Crippen molar-refractivity contribution in [3.05, 3.63) is 5.82 Å². The summed E-state index contributed by atoms with van der Waals surface area (Å²) in [5.74, 6) is 0.583. The molecule has 0 aliphatic rings. The van der Waals surface area contributed by atoms with Gasteiger partial charge >= 0.3 is 0 Å². The van der Waals surface area contributed by atoms with E-state index in [4.69, 9.17) is 15.2 Å². The minimum Gasteiger partial charge on any atom is -0.354 e. The lowest BCUT2D eigenvalue weighted by molar-refractivity contribution is -0.116.